The lowest BCUT2D eigenvalue weighted by molar-refractivity contribution is -0.124. The molecule has 4 aromatic rings. The number of amides is 1. The number of hydrogen-bond donors (Lipinski definition) is 1. The second-order valence-electron chi connectivity index (χ2n) is 7.06. The van der Waals surface area contributed by atoms with Gasteiger partial charge in [0.1, 0.15) is 0 Å². The summed E-state index contributed by atoms with van der Waals surface area (Å²) in [6, 6.07) is 18.4. The van der Waals surface area contributed by atoms with Crippen molar-refractivity contribution in [2.45, 2.75) is 20.0 Å². The fourth-order valence-electron chi connectivity index (χ4n) is 3.30. The first kappa shape index (κ1) is 21.5. The average Bonchev–Trinajstić information content (AvgIpc) is 3.25. The molecule has 0 saturated carbocycles. The summed E-state index contributed by atoms with van der Waals surface area (Å²) in [5, 5.41) is 8.15. The zero-order valence-corrected chi connectivity index (χ0v) is 18.2. The standard InChI is InChI=1S/C24H21ClN4O3/c1-2-29-23-19(14-27-29)18(12-21(28-23)16-8-4-3-5-9-16)24(31)32-15-22(30)26-13-17-10-6-7-11-20(17)25/h3-12,14H,2,13,15H2,1H3,(H,26,30). The molecule has 0 radical (unpaired) electrons. The van der Waals surface area contributed by atoms with E-state index in [0.29, 0.717) is 33.9 Å². The maximum atomic E-state index is 12.9. The Kier molecular flexibility index (Phi) is 6.47. The van der Waals surface area contributed by atoms with Crippen molar-refractivity contribution in [1.29, 1.82) is 0 Å². The Labute approximate surface area is 190 Å². The van der Waals surface area contributed by atoms with Crippen LogP contribution in [0.25, 0.3) is 22.3 Å². The molecule has 2 aromatic carbocycles. The molecule has 0 unspecified atom stereocenters. The summed E-state index contributed by atoms with van der Waals surface area (Å²) < 4.78 is 7.02. The molecule has 162 valence electrons. The van der Waals surface area contributed by atoms with Gasteiger partial charge in [0.2, 0.25) is 0 Å². The molecule has 0 aliphatic rings. The van der Waals surface area contributed by atoms with Crippen molar-refractivity contribution < 1.29 is 14.3 Å². The van der Waals surface area contributed by atoms with E-state index in [4.69, 9.17) is 16.3 Å². The van der Waals surface area contributed by atoms with Gasteiger partial charge in [0.15, 0.2) is 12.3 Å². The van der Waals surface area contributed by atoms with E-state index in [1.54, 1.807) is 23.0 Å². The molecule has 2 aromatic heterocycles. The number of hydrogen-bond acceptors (Lipinski definition) is 5. The van der Waals surface area contributed by atoms with Crippen LogP contribution in [0, 0.1) is 0 Å². The van der Waals surface area contributed by atoms with Crippen LogP contribution < -0.4 is 5.32 Å². The zero-order valence-electron chi connectivity index (χ0n) is 17.4. The molecule has 4 rings (SSSR count). The molecule has 7 nitrogen and oxygen atoms in total. The minimum Gasteiger partial charge on any atom is -0.452 e. The summed E-state index contributed by atoms with van der Waals surface area (Å²) in [6.07, 6.45) is 1.59. The number of benzene rings is 2. The summed E-state index contributed by atoms with van der Waals surface area (Å²) in [7, 11) is 0. The second-order valence-corrected chi connectivity index (χ2v) is 7.47. The quantitative estimate of drug-likeness (QED) is 0.427. The molecule has 1 N–H and O–H groups in total. The Hall–Kier alpha value is -3.71. The number of fused-ring (bicyclic) bond motifs is 1. The highest BCUT2D eigenvalue weighted by Gasteiger charge is 2.19. The van der Waals surface area contributed by atoms with Gasteiger partial charge in [-0.2, -0.15) is 5.10 Å². The Morgan fingerprint density at radius 2 is 1.84 bits per heavy atom. The highest BCUT2D eigenvalue weighted by Crippen LogP contribution is 2.25. The van der Waals surface area contributed by atoms with Crippen molar-refractivity contribution in [1.82, 2.24) is 20.1 Å². The second kappa shape index (κ2) is 9.62. The van der Waals surface area contributed by atoms with Crippen LogP contribution in [0.5, 0.6) is 0 Å². The predicted octanol–water partition coefficient (Wildman–Crippen LogP) is 4.24. The Balaban J connectivity index is 1.52. The minimum atomic E-state index is -0.613. The molecule has 1 amide bonds. The van der Waals surface area contributed by atoms with E-state index < -0.39 is 18.5 Å². The van der Waals surface area contributed by atoms with Crippen molar-refractivity contribution in [3.05, 3.63) is 83.0 Å². The number of carbonyl (C=O) groups is 2. The number of esters is 1. The fraction of sp³-hybridized carbons (Fsp3) is 0.167. The number of pyridine rings is 1. The van der Waals surface area contributed by atoms with Gasteiger partial charge < -0.3 is 10.1 Å². The van der Waals surface area contributed by atoms with E-state index in [2.05, 4.69) is 15.4 Å². The van der Waals surface area contributed by atoms with Crippen molar-refractivity contribution in [3.63, 3.8) is 0 Å². The lowest BCUT2D eigenvalue weighted by Crippen LogP contribution is -2.28. The van der Waals surface area contributed by atoms with Crippen LogP contribution in [0.15, 0.2) is 66.9 Å². The number of halogens is 1. The van der Waals surface area contributed by atoms with Crippen LogP contribution in [-0.2, 0) is 22.6 Å². The molecule has 0 fully saturated rings. The van der Waals surface area contributed by atoms with Crippen LogP contribution in [0.2, 0.25) is 5.02 Å². The minimum absolute atomic E-state index is 0.247. The van der Waals surface area contributed by atoms with Crippen molar-refractivity contribution >= 4 is 34.5 Å². The number of rotatable bonds is 7. The lowest BCUT2D eigenvalue weighted by atomic mass is 10.1. The van der Waals surface area contributed by atoms with Gasteiger partial charge in [0, 0.05) is 23.7 Å². The van der Waals surface area contributed by atoms with Gasteiger partial charge in [-0.1, -0.05) is 60.1 Å². The fourth-order valence-corrected chi connectivity index (χ4v) is 3.50. The first-order valence-corrected chi connectivity index (χ1v) is 10.5. The van der Waals surface area contributed by atoms with Crippen LogP contribution in [0.3, 0.4) is 0 Å². The maximum Gasteiger partial charge on any atom is 0.339 e. The first-order chi connectivity index (χ1) is 15.6. The maximum absolute atomic E-state index is 12.9. The number of aryl methyl sites for hydroxylation is 1. The predicted molar refractivity (Wildman–Crippen MR) is 122 cm³/mol. The lowest BCUT2D eigenvalue weighted by Gasteiger charge is -2.10. The topological polar surface area (TPSA) is 86.1 Å². The molecular weight excluding hydrogens is 428 g/mol. The molecule has 8 heteroatoms. The molecule has 0 saturated heterocycles. The van der Waals surface area contributed by atoms with Gasteiger partial charge in [-0.25, -0.2) is 14.5 Å². The highest BCUT2D eigenvalue weighted by molar-refractivity contribution is 6.31. The smallest absolute Gasteiger partial charge is 0.339 e. The van der Waals surface area contributed by atoms with Crippen molar-refractivity contribution in [2.24, 2.45) is 0 Å². The molecule has 0 aliphatic carbocycles. The molecular formula is C24H21ClN4O3. The van der Waals surface area contributed by atoms with Crippen molar-refractivity contribution in [2.75, 3.05) is 6.61 Å². The third-order valence-corrected chi connectivity index (χ3v) is 5.34. The molecule has 0 bridgehead atoms. The Morgan fingerprint density at radius 3 is 2.59 bits per heavy atom. The third kappa shape index (κ3) is 4.63. The average molecular weight is 449 g/mol. The molecule has 2 heterocycles. The van der Waals surface area contributed by atoms with E-state index in [1.165, 1.54) is 0 Å². The normalized spacial score (nSPS) is 10.8. The van der Waals surface area contributed by atoms with E-state index in [9.17, 15) is 9.59 Å². The SMILES string of the molecule is CCn1ncc2c(C(=O)OCC(=O)NCc3ccccc3Cl)cc(-c3ccccc3)nc21. The zero-order chi connectivity index (χ0) is 22.5. The summed E-state index contributed by atoms with van der Waals surface area (Å²) >= 11 is 6.10. The van der Waals surface area contributed by atoms with E-state index in [0.717, 1.165) is 11.1 Å². The molecule has 0 aliphatic heterocycles. The Morgan fingerprint density at radius 1 is 1.09 bits per heavy atom. The summed E-state index contributed by atoms with van der Waals surface area (Å²) in [5.41, 5.74) is 3.17. The largest absolute Gasteiger partial charge is 0.452 e. The number of carbonyl (C=O) groups excluding carboxylic acids is 2. The van der Waals surface area contributed by atoms with E-state index in [1.807, 2.05) is 55.5 Å². The van der Waals surface area contributed by atoms with Gasteiger partial charge in [0.05, 0.1) is 22.8 Å². The number of aromatic nitrogens is 3. The third-order valence-electron chi connectivity index (χ3n) is 4.97. The van der Waals surface area contributed by atoms with Crippen molar-refractivity contribution in [3.8, 4) is 11.3 Å². The first-order valence-electron chi connectivity index (χ1n) is 10.2. The van der Waals surface area contributed by atoms with Gasteiger partial charge >= 0.3 is 5.97 Å². The highest BCUT2D eigenvalue weighted by atomic mass is 35.5. The number of ether oxygens (including phenoxy) is 1. The van der Waals surface area contributed by atoms with Crippen LogP contribution in [0.4, 0.5) is 0 Å². The summed E-state index contributed by atoms with van der Waals surface area (Å²) in [6.45, 7) is 2.39. The van der Waals surface area contributed by atoms with Crippen LogP contribution in [-0.4, -0.2) is 33.2 Å². The van der Waals surface area contributed by atoms with Crippen LogP contribution >= 0.6 is 11.6 Å². The summed E-state index contributed by atoms with van der Waals surface area (Å²) in [5.74, 6) is -1.03. The Bertz CT molecular complexity index is 1270. The van der Waals surface area contributed by atoms with Gasteiger partial charge in [-0.3, -0.25) is 4.79 Å². The van der Waals surface area contributed by atoms with Crippen LogP contribution in [0.1, 0.15) is 22.8 Å². The molecule has 32 heavy (non-hydrogen) atoms. The number of nitrogens with zero attached hydrogens (tertiary/aromatic N) is 3. The summed E-state index contributed by atoms with van der Waals surface area (Å²) in [4.78, 5) is 29.8. The molecule has 0 spiro atoms. The van der Waals surface area contributed by atoms with E-state index >= 15 is 0 Å². The van der Waals surface area contributed by atoms with Gasteiger partial charge in [0.25, 0.3) is 5.91 Å². The van der Waals surface area contributed by atoms with E-state index in [-0.39, 0.29) is 6.54 Å². The number of nitrogens with one attached hydrogen (secondary N) is 1. The van der Waals surface area contributed by atoms with Gasteiger partial charge in [-0.15, -0.1) is 0 Å². The van der Waals surface area contributed by atoms with Gasteiger partial charge in [-0.05, 0) is 24.6 Å². The molecule has 0 atom stereocenters. The monoisotopic (exact) mass is 448 g/mol.